The molecule has 1 saturated heterocycles. The maximum atomic E-state index is 12.5. The lowest BCUT2D eigenvalue weighted by Gasteiger charge is -2.16. The van der Waals surface area contributed by atoms with Gasteiger partial charge >= 0.3 is 0 Å². The molecular formula is C19H30N2O3S. The summed E-state index contributed by atoms with van der Waals surface area (Å²) in [5, 5.41) is 2.97. The van der Waals surface area contributed by atoms with Gasteiger partial charge in [-0.15, -0.1) is 0 Å². The SMILES string of the molecule is CCCCC(CC)CNC(=O)c1ccc(S(=O)(=O)N2CCCC2)cc1. The zero-order chi connectivity index (χ0) is 18.3. The highest BCUT2D eigenvalue weighted by Crippen LogP contribution is 2.21. The largest absolute Gasteiger partial charge is 0.352 e. The van der Waals surface area contributed by atoms with E-state index in [0.29, 0.717) is 31.1 Å². The van der Waals surface area contributed by atoms with Gasteiger partial charge in [0.15, 0.2) is 0 Å². The van der Waals surface area contributed by atoms with Crippen molar-refractivity contribution in [1.29, 1.82) is 0 Å². The zero-order valence-electron chi connectivity index (χ0n) is 15.3. The van der Waals surface area contributed by atoms with Crippen LogP contribution in [-0.4, -0.2) is 38.3 Å². The van der Waals surface area contributed by atoms with Crippen LogP contribution < -0.4 is 5.32 Å². The fourth-order valence-corrected chi connectivity index (χ4v) is 4.66. The summed E-state index contributed by atoms with van der Waals surface area (Å²) < 4.78 is 26.5. The molecule has 1 aromatic rings. The summed E-state index contributed by atoms with van der Waals surface area (Å²) in [5.74, 6) is 0.360. The molecule has 1 aromatic carbocycles. The molecule has 0 aliphatic carbocycles. The van der Waals surface area contributed by atoms with Crippen LogP contribution in [0.1, 0.15) is 62.7 Å². The monoisotopic (exact) mass is 366 g/mol. The lowest BCUT2D eigenvalue weighted by Crippen LogP contribution is -2.29. The number of hydrogen-bond donors (Lipinski definition) is 1. The number of unbranched alkanes of at least 4 members (excludes halogenated alkanes) is 1. The predicted molar refractivity (Wildman–Crippen MR) is 100 cm³/mol. The number of carbonyl (C=O) groups is 1. The molecule has 0 saturated carbocycles. The van der Waals surface area contributed by atoms with Gasteiger partial charge in [0.2, 0.25) is 10.0 Å². The standard InChI is InChI=1S/C19H30N2O3S/c1-3-5-8-16(4-2)15-20-19(22)17-9-11-18(12-10-17)25(23,24)21-13-6-7-14-21/h9-12,16H,3-8,13-15H2,1-2H3,(H,20,22). The Kier molecular flexibility index (Phi) is 7.44. The van der Waals surface area contributed by atoms with Crippen LogP contribution in [0.3, 0.4) is 0 Å². The van der Waals surface area contributed by atoms with Gasteiger partial charge in [0.25, 0.3) is 5.91 Å². The molecule has 1 heterocycles. The van der Waals surface area contributed by atoms with Gasteiger partial charge in [-0.1, -0.05) is 33.1 Å². The average molecular weight is 367 g/mol. The number of amides is 1. The van der Waals surface area contributed by atoms with E-state index in [1.165, 1.54) is 22.9 Å². The number of benzene rings is 1. The number of nitrogens with zero attached hydrogens (tertiary/aromatic N) is 1. The summed E-state index contributed by atoms with van der Waals surface area (Å²) >= 11 is 0. The van der Waals surface area contributed by atoms with Crippen molar-refractivity contribution in [1.82, 2.24) is 9.62 Å². The predicted octanol–water partition coefficient (Wildman–Crippen LogP) is 3.42. The quantitative estimate of drug-likeness (QED) is 0.728. The number of sulfonamides is 1. The first-order valence-electron chi connectivity index (χ1n) is 9.37. The van der Waals surface area contributed by atoms with Crippen molar-refractivity contribution in [2.45, 2.75) is 57.3 Å². The molecule has 1 aliphatic heterocycles. The smallest absolute Gasteiger partial charge is 0.251 e. The van der Waals surface area contributed by atoms with E-state index in [2.05, 4.69) is 19.2 Å². The number of carbonyl (C=O) groups excluding carboxylic acids is 1. The number of hydrogen-bond acceptors (Lipinski definition) is 3. The van der Waals surface area contributed by atoms with E-state index in [4.69, 9.17) is 0 Å². The maximum Gasteiger partial charge on any atom is 0.251 e. The molecule has 1 N–H and O–H groups in total. The molecule has 1 aliphatic rings. The van der Waals surface area contributed by atoms with Gasteiger partial charge in [-0.25, -0.2) is 8.42 Å². The molecule has 1 amide bonds. The van der Waals surface area contributed by atoms with Gasteiger partial charge in [0, 0.05) is 25.2 Å². The molecule has 0 radical (unpaired) electrons. The summed E-state index contributed by atoms with van der Waals surface area (Å²) in [6.07, 6.45) is 6.34. The minimum Gasteiger partial charge on any atom is -0.352 e. The van der Waals surface area contributed by atoms with Crippen molar-refractivity contribution in [3.8, 4) is 0 Å². The minimum absolute atomic E-state index is 0.139. The van der Waals surface area contributed by atoms with Gasteiger partial charge in [0.1, 0.15) is 0 Å². The van der Waals surface area contributed by atoms with Gasteiger partial charge in [0.05, 0.1) is 4.90 Å². The van der Waals surface area contributed by atoms with Crippen LogP contribution in [0.25, 0.3) is 0 Å². The van der Waals surface area contributed by atoms with E-state index >= 15 is 0 Å². The van der Waals surface area contributed by atoms with Crippen molar-refractivity contribution in [3.63, 3.8) is 0 Å². The second-order valence-corrected chi connectivity index (χ2v) is 8.70. The third-order valence-corrected chi connectivity index (χ3v) is 6.83. The summed E-state index contributed by atoms with van der Waals surface area (Å²) in [4.78, 5) is 12.5. The Hall–Kier alpha value is -1.40. The molecule has 6 heteroatoms. The first kappa shape index (κ1) is 19.9. The average Bonchev–Trinajstić information content (AvgIpc) is 3.17. The number of rotatable bonds is 9. The van der Waals surface area contributed by atoms with Gasteiger partial charge in [-0.05, 0) is 49.4 Å². The molecule has 140 valence electrons. The van der Waals surface area contributed by atoms with Crippen LogP contribution in [0.15, 0.2) is 29.2 Å². The minimum atomic E-state index is -3.42. The zero-order valence-corrected chi connectivity index (χ0v) is 16.1. The fourth-order valence-electron chi connectivity index (χ4n) is 3.14. The lowest BCUT2D eigenvalue weighted by atomic mass is 9.99. The van der Waals surface area contributed by atoms with Crippen LogP contribution >= 0.6 is 0 Å². The molecule has 1 fully saturated rings. The van der Waals surface area contributed by atoms with E-state index in [9.17, 15) is 13.2 Å². The Morgan fingerprint density at radius 1 is 1.16 bits per heavy atom. The third kappa shape index (κ3) is 5.28. The Balaban J connectivity index is 1.95. The molecular weight excluding hydrogens is 336 g/mol. The third-order valence-electron chi connectivity index (χ3n) is 4.91. The Morgan fingerprint density at radius 3 is 2.36 bits per heavy atom. The second kappa shape index (κ2) is 9.34. The Bertz CT molecular complexity index is 650. The van der Waals surface area contributed by atoms with E-state index in [0.717, 1.165) is 32.1 Å². The van der Waals surface area contributed by atoms with E-state index < -0.39 is 10.0 Å². The number of nitrogens with one attached hydrogen (secondary N) is 1. The molecule has 1 unspecified atom stereocenters. The summed E-state index contributed by atoms with van der Waals surface area (Å²) in [5.41, 5.74) is 0.505. The van der Waals surface area contributed by atoms with Crippen LogP contribution in [0.5, 0.6) is 0 Å². The summed E-state index contributed by atoms with van der Waals surface area (Å²) in [6.45, 7) is 6.15. The van der Waals surface area contributed by atoms with E-state index in [-0.39, 0.29) is 10.8 Å². The maximum absolute atomic E-state index is 12.5. The molecule has 1 atom stereocenters. The van der Waals surface area contributed by atoms with E-state index in [1.54, 1.807) is 12.1 Å². The fraction of sp³-hybridized carbons (Fsp3) is 0.632. The summed E-state index contributed by atoms with van der Waals surface area (Å²) in [7, 11) is -3.42. The summed E-state index contributed by atoms with van der Waals surface area (Å²) in [6, 6.07) is 6.28. The molecule has 0 spiro atoms. The van der Waals surface area contributed by atoms with Gasteiger partial charge in [-0.3, -0.25) is 4.79 Å². The first-order valence-corrected chi connectivity index (χ1v) is 10.8. The highest BCUT2D eigenvalue weighted by molar-refractivity contribution is 7.89. The van der Waals surface area contributed by atoms with Crippen molar-refractivity contribution >= 4 is 15.9 Å². The van der Waals surface area contributed by atoms with Crippen molar-refractivity contribution in [2.24, 2.45) is 5.92 Å². The molecule has 25 heavy (non-hydrogen) atoms. The Morgan fingerprint density at radius 2 is 1.80 bits per heavy atom. The lowest BCUT2D eigenvalue weighted by molar-refractivity contribution is 0.0945. The van der Waals surface area contributed by atoms with Crippen molar-refractivity contribution in [3.05, 3.63) is 29.8 Å². The molecule has 5 nitrogen and oxygen atoms in total. The van der Waals surface area contributed by atoms with E-state index in [1.807, 2.05) is 0 Å². The highest BCUT2D eigenvalue weighted by Gasteiger charge is 2.27. The molecule has 0 aromatic heterocycles. The van der Waals surface area contributed by atoms with Gasteiger partial charge in [-0.2, -0.15) is 4.31 Å². The van der Waals surface area contributed by atoms with Crippen LogP contribution in [0, 0.1) is 5.92 Å². The Labute approximate surface area is 151 Å². The van der Waals surface area contributed by atoms with Crippen molar-refractivity contribution < 1.29 is 13.2 Å². The second-order valence-electron chi connectivity index (χ2n) is 6.76. The van der Waals surface area contributed by atoms with Crippen LogP contribution in [0.4, 0.5) is 0 Å². The normalized spacial score (nSPS) is 16.7. The van der Waals surface area contributed by atoms with Crippen LogP contribution in [0.2, 0.25) is 0 Å². The van der Waals surface area contributed by atoms with Crippen molar-refractivity contribution in [2.75, 3.05) is 19.6 Å². The molecule has 2 rings (SSSR count). The van der Waals surface area contributed by atoms with Gasteiger partial charge < -0.3 is 5.32 Å². The first-order chi connectivity index (χ1) is 12.0. The van der Waals surface area contributed by atoms with Crippen LogP contribution in [-0.2, 0) is 10.0 Å². The topological polar surface area (TPSA) is 66.5 Å². The highest BCUT2D eigenvalue weighted by atomic mass is 32.2. The molecule has 0 bridgehead atoms.